The van der Waals surface area contributed by atoms with Crippen LogP contribution in [0.3, 0.4) is 0 Å². The van der Waals surface area contributed by atoms with E-state index in [4.69, 9.17) is 18.0 Å². The lowest BCUT2D eigenvalue weighted by Gasteiger charge is -2.10. The van der Waals surface area contributed by atoms with Crippen LogP contribution in [0, 0.1) is 13.8 Å². The van der Waals surface area contributed by atoms with Crippen molar-refractivity contribution in [2.24, 2.45) is 5.73 Å². The lowest BCUT2D eigenvalue weighted by molar-refractivity contribution is 1.36. The van der Waals surface area contributed by atoms with Gasteiger partial charge in [-0.3, -0.25) is 0 Å². The molecule has 1 aromatic carbocycles. The van der Waals surface area contributed by atoms with Crippen LogP contribution >= 0.6 is 28.1 Å². The number of rotatable bonds is 1. The smallest absolute Gasteiger partial charge is 0.168 e. The van der Waals surface area contributed by atoms with E-state index in [0.29, 0.717) is 5.11 Å². The second-order valence-electron chi connectivity index (χ2n) is 2.91. The van der Waals surface area contributed by atoms with Gasteiger partial charge in [0.2, 0.25) is 0 Å². The highest BCUT2D eigenvalue weighted by Gasteiger charge is 2.03. The average Bonchev–Trinajstić information content (AvgIpc) is 1.98. The number of hydrogen-bond donors (Lipinski definition) is 2. The van der Waals surface area contributed by atoms with E-state index < -0.39 is 0 Å². The Morgan fingerprint density at radius 3 is 2.62 bits per heavy atom. The zero-order valence-electron chi connectivity index (χ0n) is 7.52. The van der Waals surface area contributed by atoms with Gasteiger partial charge in [-0.15, -0.1) is 0 Å². The molecule has 0 heterocycles. The molecule has 0 fully saturated rings. The summed E-state index contributed by atoms with van der Waals surface area (Å²) in [5.41, 5.74) is 8.63. The highest BCUT2D eigenvalue weighted by Crippen LogP contribution is 2.25. The molecule has 0 saturated heterocycles. The minimum Gasteiger partial charge on any atom is -0.376 e. The van der Waals surface area contributed by atoms with Gasteiger partial charge in [-0.25, -0.2) is 0 Å². The van der Waals surface area contributed by atoms with E-state index >= 15 is 0 Å². The first-order chi connectivity index (χ1) is 6.00. The molecule has 0 aliphatic heterocycles. The molecule has 0 radical (unpaired) electrons. The SMILES string of the molecule is Cc1cc(Br)c(C)c(NC(N)=S)c1. The van der Waals surface area contributed by atoms with Crippen LogP contribution in [0.4, 0.5) is 5.69 Å². The summed E-state index contributed by atoms with van der Waals surface area (Å²) >= 11 is 8.24. The molecule has 70 valence electrons. The van der Waals surface area contributed by atoms with Crippen molar-refractivity contribution >= 4 is 38.9 Å². The number of hydrogen-bond acceptors (Lipinski definition) is 1. The summed E-state index contributed by atoms with van der Waals surface area (Å²) in [7, 11) is 0. The lowest BCUT2D eigenvalue weighted by Crippen LogP contribution is -2.19. The Balaban J connectivity index is 3.12. The van der Waals surface area contributed by atoms with Gasteiger partial charge in [0.25, 0.3) is 0 Å². The van der Waals surface area contributed by atoms with Crippen molar-refractivity contribution in [3.8, 4) is 0 Å². The van der Waals surface area contributed by atoms with Gasteiger partial charge in [-0.05, 0) is 49.3 Å². The maximum Gasteiger partial charge on any atom is 0.168 e. The van der Waals surface area contributed by atoms with E-state index in [1.807, 2.05) is 19.9 Å². The number of nitrogens with one attached hydrogen (secondary N) is 1. The molecule has 0 bridgehead atoms. The number of thiocarbonyl (C=S) groups is 1. The minimum atomic E-state index is 0.292. The van der Waals surface area contributed by atoms with E-state index in [1.165, 1.54) is 0 Å². The Morgan fingerprint density at radius 2 is 2.08 bits per heavy atom. The van der Waals surface area contributed by atoms with E-state index in [0.717, 1.165) is 21.3 Å². The van der Waals surface area contributed by atoms with Crippen molar-refractivity contribution in [1.82, 2.24) is 0 Å². The summed E-state index contributed by atoms with van der Waals surface area (Å²) in [6.45, 7) is 4.03. The fourth-order valence-corrected chi connectivity index (χ4v) is 1.76. The molecule has 0 aliphatic carbocycles. The fraction of sp³-hybridized carbons (Fsp3) is 0.222. The zero-order valence-corrected chi connectivity index (χ0v) is 9.92. The lowest BCUT2D eigenvalue weighted by atomic mass is 10.1. The third-order valence-electron chi connectivity index (χ3n) is 1.75. The molecule has 0 unspecified atom stereocenters. The Labute approximate surface area is 91.6 Å². The van der Waals surface area contributed by atoms with Gasteiger partial charge in [-0.2, -0.15) is 0 Å². The second-order valence-corrected chi connectivity index (χ2v) is 4.20. The van der Waals surface area contributed by atoms with E-state index in [-0.39, 0.29) is 0 Å². The van der Waals surface area contributed by atoms with E-state index in [2.05, 4.69) is 27.3 Å². The molecule has 2 nitrogen and oxygen atoms in total. The number of nitrogens with two attached hydrogens (primary N) is 1. The average molecular weight is 259 g/mol. The molecule has 0 atom stereocenters. The molecule has 0 saturated carbocycles. The Morgan fingerprint density at radius 1 is 1.46 bits per heavy atom. The second kappa shape index (κ2) is 4.07. The van der Waals surface area contributed by atoms with Gasteiger partial charge in [0.15, 0.2) is 5.11 Å². The summed E-state index contributed by atoms with van der Waals surface area (Å²) < 4.78 is 1.06. The number of halogens is 1. The first kappa shape index (κ1) is 10.5. The van der Waals surface area contributed by atoms with Gasteiger partial charge in [0.1, 0.15) is 0 Å². The summed E-state index contributed by atoms with van der Waals surface area (Å²) in [4.78, 5) is 0. The molecule has 0 spiro atoms. The quantitative estimate of drug-likeness (QED) is 0.761. The minimum absolute atomic E-state index is 0.292. The molecule has 0 amide bonds. The number of aryl methyl sites for hydroxylation is 1. The molecule has 4 heteroatoms. The van der Waals surface area contributed by atoms with Crippen LogP contribution in [-0.2, 0) is 0 Å². The van der Waals surface area contributed by atoms with Crippen LogP contribution in [-0.4, -0.2) is 5.11 Å². The zero-order chi connectivity index (χ0) is 10.0. The maximum absolute atomic E-state index is 5.40. The summed E-state index contributed by atoms with van der Waals surface area (Å²) in [6, 6.07) is 4.07. The number of anilines is 1. The van der Waals surface area contributed by atoms with Gasteiger partial charge in [0, 0.05) is 10.2 Å². The first-order valence-electron chi connectivity index (χ1n) is 3.84. The molecule has 1 rings (SSSR count). The van der Waals surface area contributed by atoms with E-state index in [1.54, 1.807) is 0 Å². The van der Waals surface area contributed by atoms with Crippen LogP contribution in [0.1, 0.15) is 11.1 Å². The predicted molar refractivity (Wildman–Crippen MR) is 64.0 cm³/mol. The highest BCUT2D eigenvalue weighted by atomic mass is 79.9. The van der Waals surface area contributed by atoms with Gasteiger partial charge >= 0.3 is 0 Å². The molecule has 13 heavy (non-hydrogen) atoms. The van der Waals surface area contributed by atoms with Crippen molar-refractivity contribution in [3.05, 3.63) is 27.7 Å². The number of benzene rings is 1. The van der Waals surface area contributed by atoms with Crippen LogP contribution < -0.4 is 11.1 Å². The molecule has 0 aliphatic rings. The van der Waals surface area contributed by atoms with Crippen LogP contribution in [0.15, 0.2) is 16.6 Å². The first-order valence-corrected chi connectivity index (χ1v) is 5.04. The van der Waals surface area contributed by atoms with E-state index in [9.17, 15) is 0 Å². The van der Waals surface area contributed by atoms with Crippen molar-refractivity contribution in [2.75, 3.05) is 5.32 Å². The Bertz CT molecular complexity index is 350. The fourth-order valence-electron chi connectivity index (χ4n) is 1.08. The largest absolute Gasteiger partial charge is 0.376 e. The third-order valence-corrected chi connectivity index (χ3v) is 2.67. The van der Waals surface area contributed by atoms with Crippen molar-refractivity contribution in [3.63, 3.8) is 0 Å². The molecular weight excluding hydrogens is 248 g/mol. The van der Waals surface area contributed by atoms with Crippen LogP contribution in [0.25, 0.3) is 0 Å². The summed E-state index contributed by atoms with van der Waals surface area (Å²) in [5, 5.41) is 3.23. The normalized spacial score (nSPS) is 9.77. The molecule has 3 N–H and O–H groups in total. The Hall–Kier alpha value is -0.610. The Kier molecular flexibility index (Phi) is 3.27. The summed E-state index contributed by atoms with van der Waals surface area (Å²) in [5.74, 6) is 0. The van der Waals surface area contributed by atoms with Crippen LogP contribution in [0.5, 0.6) is 0 Å². The third kappa shape index (κ3) is 2.67. The van der Waals surface area contributed by atoms with Crippen molar-refractivity contribution in [1.29, 1.82) is 0 Å². The van der Waals surface area contributed by atoms with Gasteiger partial charge in [0.05, 0.1) is 0 Å². The van der Waals surface area contributed by atoms with Gasteiger partial charge in [-0.1, -0.05) is 15.9 Å². The molecule has 1 aromatic rings. The monoisotopic (exact) mass is 258 g/mol. The summed E-state index contributed by atoms with van der Waals surface area (Å²) in [6.07, 6.45) is 0. The van der Waals surface area contributed by atoms with Crippen molar-refractivity contribution < 1.29 is 0 Å². The maximum atomic E-state index is 5.40. The molecular formula is C9H11BrN2S. The molecule has 0 aromatic heterocycles. The van der Waals surface area contributed by atoms with Crippen LogP contribution in [0.2, 0.25) is 0 Å². The van der Waals surface area contributed by atoms with Crippen molar-refractivity contribution in [2.45, 2.75) is 13.8 Å². The predicted octanol–water partition coefficient (Wildman–Crippen LogP) is 2.72. The van der Waals surface area contributed by atoms with Gasteiger partial charge < -0.3 is 11.1 Å². The topological polar surface area (TPSA) is 38.0 Å². The standard InChI is InChI=1S/C9H11BrN2S/c1-5-3-7(10)6(2)8(4-5)12-9(11)13/h3-4H,1-2H3,(H3,11,12,13). The highest BCUT2D eigenvalue weighted by molar-refractivity contribution is 9.10.